The largest absolute Gasteiger partial charge is 0.388 e. The smallest absolute Gasteiger partial charge is 0.193 e. The minimum atomic E-state index is -0.490. The second-order valence-corrected chi connectivity index (χ2v) is 5.27. The summed E-state index contributed by atoms with van der Waals surface area (Å²) in [7, 11) is 0. The second-order valence-electron chi connectivity index (χ2n) is 4.40. The van der Waals surface area contributed by atoms with Gasteiger partial charge in [-0.3, -0.25) is 4.40 Å². The number of hydrogen-bond acceptors (Lipinski definition) is 3. The average molecular weight is 258 g/mol. The first kappa shape index (κ1) is 11.4. The number of fused-ring (bicyclic) bond motifs is 1. The van der Waals surface area contributed by atoms with E-state index >= 15 is 0 Å². The standard InChI is InChI=1S/C14H14N2OS/c1-10-4-2-3-5-12(10)13(17)8-11-9-16-6-7-18-14(16)15-11/h2-7,9,13,17H,8H2,1H3. The number of aromatic nitrogens is 2. The molecule has 0 aliphatic rings. The number of benzene rings is 1. The molecule has 0 aliphatic carbocycles. The van der Waals surface area contributed by atoms with Gasteiger partial charge in [0.25, 0.3) is 0 Å². The van der Waals surface area contributed by atoms with E-state index in [1.807, 2.05) is 53.4 Å². The van der Waals surface area contributed by atoms with Crippen molar-refractivity contribution in [3.05, 3.63) is 58.9 Å². The molecule has 1 N–H and O–H groups in total. The lowest BCUT2D eigenvalue weighted by Gasteiger charge is -2.11. The lowest BCUT2D eigenvalue weighted by Crippen LogP contribution is -2.03. The Kier molecular flexibility index (Phi) is 2.89. The SMILES string of the molecule is Cc1ccccc1C(O)Cc1cn2ccsc2n1. The van der Waals surface area contributed by atoms with Crippen molar-refractivity contribution in [3.8, 4) is 0 Å². The minimum Gasteiger partial charge on any atom is -0.388 e. The summed E-state index contributed by atoms with van der Waals surface area (Å²) in [5.41, 5.74) is 3.03. The highest BCUT2D eigenvalue weighted by molar-refractivity contribution is 7.15. The van der Waals surface area contributed by atoms with Crippen LogP contribution in [0.1, 0.15) is 22.9 Å². The fourth-order valence-corrected chi connectivity index (χ4v) is 2.86. The molecule has 2 aromatic heterocycles. The molecule has 0 saturated carbocycles. The van der Waals surface area contributed by atoms with Gasteiger partial charge in [-0.15, -0.1) is 11.3 Å². The lowest BCUT2D eigenvalue weighted by molar-refractivity contribution is 0.176. The molecule has 1 aromatic carbocycles. The first-order chi connectivity index (χ1) is 8.74. The summed E-state index contributed by atoms with van der Waals surface area (Å²) < 4.78 is 1.99. The fraction of sp³-hybridized carbons (Fsp3) is 0.214. The Balaban J connectivity index is 1.84. The van der Waals surface area contributed by atoms with Gasteiger partial charge in [-0.05, 0) is 18.1 Å². The summed E-state index contributed by atoms with van der Waals surface area (Å²) in [6.07, 6.45) is 4.03. The summed E-state index contributed by atoms with van der Waals surface area (Å²) in [5.74, 6) is 0. The monoisotopic (exact) mass is 258 g/mol. The second kappa shape index (κ2) is 4.55. The van der Waals surface area contributed by atoms with Gasteiger partial charge < -0.3 is 5.11 Å². The van der Waals surface area contributed by atoms with Crippen LogP contribution in [0.3, 0.4) is 0 Å². The number of thiazole rings is 1. The maximum Gasteiger partial charge on any atom is 0.193 e. The molecule has 1 atom stereocenters. The summed E-state index contributed by atoms with van der Waals surface area (Å²) in [6.45, 7) is 2.02. The summed E-state index contributed by atoms with van der Waals surface area (Å²) in [4.78, 5) is 5.46. The predicted octanol–water partition coefficient (Wildman–Crippen LogP) is 2.98. The number of imidazole rings is 1. The number of aryl methyl sites for hydroxylation is 1. The van der Waals surface area contributed by atoms with Crippen LogP contribution in [-0.2, 0) is 6.42 Å². The number of hydrogen-bond donors (Lipinski definition) is 1. The molecule has 0 saturated heterocycles. The zero-order valence-electron chi connectivity index (χ0n) is 10.1. The van der Waals surface area contributed by atoms with Crippen LogP contribution in [0.15, 0.2) is 42.0 Å². The van der Waals surface area contributed by atoms with E-state index in [0.29, 0.717) is 6.42 Å². The Hall–Kier alpha value is -1.65. The van der Waals surface area contributed by atoms with E-state index in [2.05, 4.69) is 4.98 Å². The molecule has 1 unspecified atom stereocenters. The van der Waals surface area contributed by atoms with Crippen molar-refractivity contribution in [1.29, 1.82) is 0 Å². The van der Waals surface area contributed by atoms with Crippen LogP contribution in [0.25, 0.3) is 4.96 Å². The van der Waals surface area contributed by atoms with E-state index in [4.69, 9.17) is 0 Å². The molecule has 3 rings (SSSR count). The molecule has 0 aliphatic heterocycles. The van der Waals surface area contributed by atoms with Gasteiger partial charge >= 0.3 is 0 Å². The third kappa shape index (κ3) is 2.05. The molecule has 0 spiro atoms. The first-order valence-electron chi connectivity index (χ1n) is 5.89. The van der Waals surface area contributed by atoms with E-state index < -0.39 is 6.10 Å². The van der Waals surface area contributed by atoms with Gasteiger partial charge in [-0.25, -0.2) is 4.98 Å². The van der Waals surface area contributed by atoms with Crippen LogP contribution < -0.4 is 0 Å². The van der Waals surface area contributed by atoms with Crippen molar-refractivity contribution < 1.29 is 5.11 Å². The number of aliphatic hydroxyl groups excluding tert-OH is 1. The first-order valence-corrected chi connectivity index (χ1v) is 6.76. The van der Waals surface area contributed by atoms with Crippen LogP contribution in [0.4, 0.5) is 0 Å². The van der Waals surface area contributed by atoms with Crippen molar-refractivity contribution >= 4 is 16.3 Å². The van der Waals surface area contributed by atoms with E-state index in [0.717, 1.165) is 21.8 Å². The Morgan fingerprint density at radius 3 is 3.00 bits per heavy atom. The molecule has 4 heteroatoms. The van der Waals surface area contributed by atoms with Crippen molar-refractivity contribution in [2.75, 3.05) is 0 Å². The summed E-state index contributed by atoms with van der Waals surface area (Å²) in [5, 5.41) is 12.3. The Labute approximate surface area is 109 Å². The molecular formula is C14H14N2OS. The maximum atomic E-state index is 10.3. The molecule has 2 heterocycles. The Bertz CT molecular complexity index is 643. The van der Waals surface area contributed by atoms with Crippen LogP contribution in [0.2, 0.25) is 0 Å². The fourth-order valence-electron chi connectivity index (χ4n) is 2.14. The molecule has 0 radical (unpaired) electrons. The highest BCUT2D eigenvalue weighted by Gasteiger charge is 2.13. The quantitative estimate of drug-likeness (QED) is 0.784. The van der Waals surface area contributed by atoms with Gasteiger partial charge in [0.05, 0.1) is 11.8 Å². The summed E-state index contributed by atoms with van der Waals surface area (Å²) in [6, 6.07) is 7.93. The van der Waals surface area contributed by atoms with Gasteiger partial charge in [0.2, 0.25) is 0 Å². The van der Waals surface area contributed by atoms with Crippen LogP contribution >= 0.6 is 11.3 Å². The highest BCUT2D eigenvalue weighted by atomic mass is 32.1. The summed E-state index contributed by atoms with van der Waals surface area (Å²) >= 11 is 1.60. The molecule has 0 fully saturated rings. The Morgan fingerprint density at radius 2 is 2.22 bits per heavy atom. The predicted molar refractivity (Wildman–Crippen MR) is 72.9 cm³/mol. The zero-order valence-corrected chi connectivity index (χ0v) is 10.9. The van der Waals surface area contributed by atoms with Crippen LogP contribution in [0, 0.1) is 6.92 Å². The number of nitrogens with zero attached hydrogens (tertiary/aromatic N) is 2. The van der Waals surface area contributed by atoms with Gasteiger partial charge in [-0.1, -0.05) is 24.3 Å². The van der Waals surface area contributed by atoms with Crippen LogP contribution in [0.5, 0.6) is 0 Å². The van der Waals surface area contributed by atoms with Crippen molar-refractivity contribution in [1.82, 2.24) is 9.38 Å². The Morgan fingerprint density at radius 1 is 1.39 bits per heavy atom. The molecular weight excluding hydrogens is 244 g/mol. The maximum absolute atomic E-state index is 10.3. The van der Waals surface area contributed by atoms with Gasteiger partial charge in [0.1, 0.15) is 0 Å². The van der Waals surface area contributed by atoms with E-state index in [9.17, 15) is 5.11 Å². The lowest BCUT2D eigenvalue weighted by atomic mass is 10.0. The molecule has 0 bridgehead atoms. The van der Waals surface area contributed by atoms with Crippen molar-refractivity contribution in [2.45, 2.75) is 19.4 Å². The van der Waals surface area contributed by atoms with Gasteiger partial charge in [0, 0.05) is 24.2 Å². The van der Waals surface area contributed by atoms with Crippen LogP contribution in [-0.4, -0.2) is 14.5 Å². The van der Waals surface area contributed by atoms with Crippen molar-refractivity contribution in [2.24, 2.45) is 0 Å². The molecule has 92 valence electrons. The zero-order chi connectivity index (χ0) is 12.5. The van der Waals surface area contributed by atoms with Crippen molar-refractivity contribution in [3.63, 3.8) is 0 Å². The van der Waals surface area contributed by atoms with Gasteiger partial charge in [0.15, 0.2) is 4.96 Å². The number of aliphatic hydroxyl groups is 1. The molecule has 0 amide bonds. The van der Waals surface area contributed by atoms with E-state index in [-0.39, 0.29) is 0 Å². The highest BCUT2D eigenvalue weighted by Crippen LogP contribution is 2.22. The van der Waals surface area contributed by atoms with E-state index in [1.165, 1.54) is 0 Å². The number of rotatable bonds is 3. The molecule has 3 aromatic rings. The molecule has 18 heavy (non-hydrogen) atoms. The minimum absolute atomic E-state index is 0.490. The average Bonchev–Trinajstić information content (AvgIpc) is 2.90. The normalized spacial score (nSPS) is 13.0. The third-order valence-electron chi connectivity index (χ3n) is 3.09. The third-order valence-corrected chi connectivity index (χ3v) is 3.86. The topological polar surface area (TPSA) is 37.5 Å². The van der Waals surface area contributed by atoms with Gasteiger partial charge in [-0.2, -0.15) is 0 Å². The molecule has 3 nitrogen and oxygen atoms in total. The van der Waals surface area contributed by atoms with E-state index in [1.54, 1.807) is 11.3 Å².